The zero-order chi connectivity index (χ0) is 20.8. The second-order valence-electron chi connectivity index (χ2n) is 7.62. The quantitative estimate of drug-likeness (QED) is 0.260. The molecular weight excluding hydrogens is 501 g/mol. The summed E-state index contributed by atoms with van der Waals surface area (Å²) in [6.45, 7) is 2.78. The van der Waals surface area contributed by atoms with Crippen molar-refractivity contribution in [2.24, 2.45) is 4.99 Å². The Balaban J connectivity index is 0.00000272. The van der Waals surface area contributed by atoms with E-state index >= 15 is 0 Å². The molecule has 2 aromatic carbocycles. The Morgan fingerprint density at radius 2 is 2.03 bits per heavy atom. The maximum atomic E-state index is 6.14. The van der Waals surface area contributed by atoms with Gasteiger partial charge >= 0.3 is 0 Å². The molecule has 1 saturated carbocycles. The molecule has 6 nitrogen and oxygen atoms in total. The first-order chi connectivity index (χ1) is 14.7. The Morgan fingerprint density at radius 3 is 2.74 bits per heavy atom. The van der Waals surface area contributed by atoms with E-state index in [-0.39, 0.29) is 30.0 Å². The molecule has 164 valence electrons. The minimum absolute atomic E-state index is 0. The molecule has 7 heteroatoms. The fourth-order valence-corrected chi connectivity index (χ4v) is 3.45. The topological polar surface area (TPSA) is 63.5 Å². The van der Waals surface area contributed by atoms with E-state index < -0.39 is 0 Å². The standard InChI is InChI=1S/C24H29N5O.HI/c1-18(19-9-5-10-21(16-19)29-15-7-14-27-29)28-24(25-2)26-17-20-8-3-4-13-23(20)30-22-11-6-12-22;/h3-5,7-10,13-16,18,22H,6,11-12,17H2,1-2H3,(H2,25,26,28);1H. The van der Waals surface area contributed by atoms with Gasteiger partial charge in [-0.3, -0.25) is 4.99 Å². The fraction of sp³-hybridized carbons (Fsp3) is 0.333. The van der Waals surface area contributed by atoms with Gasteiger partial charge in [0, 0.05) is 31.5 Å². The number of aromatic nitrogens is 2. The van der Waals surface area contributed by atoms with Gasteiger partial charge in [-0.15, -0.1) is 24.0 Å². The molecule has 1 fully saturated rings. The molecule has 2 N–H and O–H groups in total. The van der Waals surface area contributed by atoms with Crippen LogP contribution in [0.5, 0.6) is 5.75 Å². The molecule has 0 bridgehead atoms. The average molecular weight is 531 g/mol. The van der Waals surface area contributed by atoms with Gasteiger partial charge in [0.1, 0.15) is 5.75 Å². The van der Waals surface area contributed by atoms with Crippen molar-refractivity contribution in [2.45, 2.75) is 44.9 Å². The van der Waals surface area contributed by atoms with E-state index in [1.807, 2.05) is 29.1 Å². The molecular formula is C24H30IN5O. The highest BCUT2D eigenvalue weighted by Gasteiger charge is 2.20. The lowest BCUT2D eigenvalue weighted by Crippen LogP contribution is -2.38. The highest BCUT2D eigenvalue weighted by atomic mass is 127. The van der Waals surface area contributed by atoms with Gasteiger partial charge in [-0.25, -0.2) is 4.68 Å². The van der Waals surface area contributed by atoms with Crippen molar-refractivity contribution >= 4 is 29.9 Å². The Labute approximate surface area is 201 Å². The molecule has 1 heterocycles. The Kier molecular flexibility index (Phi) is 8.34. The molecule has 1 aliphatic rings. The number of nitrogens with zero attached hydrogens (tertiary/aromatic N) is 3. The zero-order valence-corrected chi connectivity index (χ0v) is 20.3. The van der Waals surface area contributed by atoms with Crippen LogP contribution in [0.4, 0.5) is 0 Å². The number of hydrogen-bond acceptors (Lipinski definition) is 3. The summed E-state index contributed by atoms with van der Waals surface area (Å²) in [5.41, 5.74) is 3.34. The molecule has 1 aromatic heterocycles. The summed E-state index contributed by atoms with van der Waals surface area (Å²) in [6.07, 6.45) is 7.67. The monoisotopic (exact) mass is 531 g/mol. The van der Waals surface area contributed by atoms with E-state index in [0.717, 1.165) is 35.8 Å². The minimum Gasteiger partial charge on any atom is -0.490 e. The van der Waals surface area contributed by atoms with Crippen LogP contribution in [0.15, 0.2) is 72.0 Å². The molecule has 0 spiro atoms. The molecule has 0 saturated heterocycles. The van der Waals surface area contributed by atoms with Gasteiger partial charge in [-0.2, -0.15) is 5.10 Å². The van der Waals surface area contributed by atoms with Crippen LogP contribution in [-0.4, -0.2) is 28.9 Å². The van der Waals surface area contributed by atoms with E-state index in [2.05, 4.69) is 64.0 Å². The van der Waals surface area contributed by atoms with Crippen LogP contribution in [0.25, 0.3) is 5.69 Å². The lowest BCUT2D eigenvalue weighted by atomic mass is 9.96. The summed E-state index contributed by atoms with van der Waals surface area (Å²) in [5, 5.41) is 11.2. The Bertz CT molecular complexity index is 985. The second-order valence-corrected chi connectivity index (χ2v) is 7.62. The number of benzene rings is 2. The Morgan fingerprint density at radius 1 is 1.19 bits per heavy atom. The van der Waals surface area contributed by atoms with Crippen LogP contribution < -0.4 is 15.4 Å². The summed E-state index contributed by atoms with van der Waals surface area (Å²) in [7, 11) is 1.79. The van der Waals surface area contributed by atoms with Crippen molar-refractivity contribution in [1.29, 1.82) is 0 Å². The SMILES string of the molecule is CN=C(NCc1ccccc1OC1CCC1)NC(C)c1cccc(-n2cccn2)c1.I. The van der Waals surface area contributed by atoms with E-state index in [4.69, 9.17) is 4.74 Å². The average Bonchev–Trinajstić information content (AvgIpc) is 3.29. The maximum Gasteiger partial charge on any atom is 0.191 e. The van der Waals surface area contributed by atoms with Crippen LogP contribution >= 0.6 is 24.0 Å². The van der Waals surface area contributed by atoms with Gasteiger partial charge in [0.2, 0.25) is 0 Å². The van der Waals surface area contributed by atoms with Crippen molar-refractivity contribution in [2.75, 3.05) is 7.05 Å². The zero-order valence-electron chi connectivity index (χ0n) is 18.0. The largest absolute Gasteiger partial charge is 0.490 e. The van der Waals surface area contributed by atoms with Crippen molar-refractivity contribution in [3.63, 3.8) is 0 Å². The second kappa shape index (κ2) is 11.2. The first-order valence-corrected chi connectivity index (χ1v) is 10.5. The summed E-state index contributed by atoms with van der Waals surface area (Å²) in [4.78, 5) is 4.39. The molecule has 1 atom stereocenters. The normalized spacial score (nSPS) is 14.8. The highest BCUT2D eigenvalue weighted by Crippen LogP contribution is 2.27. The lowest BCUT2D eigenvalue weighted by molar-refractivity contribution is 0.119. The van der Waals surface area contributed by atoms with Crippen molar-refractivity contribution in [3.8, 4) is 11.4 Å². The third-order valence-corrected chi connectivity index (χ3v) is 5.48. The molecule has 0 amide bonds. The van der Waals surface area contributed by atoms with Crippen LogP contribution in [-0.2, 0) is 6.54 Å². The van der Waals surface area contributed by atoms with Crippen molar-refractivity contribution in [3.05, 3.63) is 78.1 Å². The van der Waals surface area contributed by atoms with Crippen molar-refractivity contribution in [1.82, 2.24) is 20.4 Å². The van der Waals surface area contributed by atoms with Gasteiger partial charge in [0.15, 0.2) is 5.96 Å². The summed E-state index contributed by atoms with van der Waals surface area (Å²) >= 11 is 0. The molecule has 0 aliphatic heterocycles. The lowest BCUT2D eigenvalue weighted by Gasteiger charge is -2.27. The maximum absolute atomic E-state index is 6.14. The van der Waals surface area contributed by atoms with Gasteiger partial charge < -0.3 is 15.4 Å². The number of ether oxygens (including phenoxy) is 1. The number of rotatable bonds is 7. The van der Waals surface area contributed by atoms with Gasteiger partial charge in [-0.1, -0.05) is 30.3 Å². The fourth-order valence-electron chi connectivity index (χ4n) is 3.45. The van der Waals surface area contributed by atoms with Crippen LogP contribution in [0.3, 0.4) is 0 Å². The number of halogens is 1. The van der Waals surface area contributed by atoms with E-state index in [1.54, 1.807) is 13.2 Å². The molecule has 4 rings (SSSR count). The first kappa shape index (κ1) is 23.1. The van der Waals surface area contributed by atoms with Gasteiger partial charge in [0.05, 0.1) is 17.8 Å². The van der Waals surface area contributed by atoms with E-state index in [1.165, 1.54) is 12.0 Å². The number of nitrogens with one attached hydrogen (secondary N) is 2. The predicted molar refractivity (Wildman–Crippen MR) is 135 cm³/mol. The Hall–Kier alpha value is -2.55. The minimum atomic E-state index is 0. The molecule has 1 unspecified atom stereocenters. The summed E-state index contributed by atoms with van der Waals surface area (Å²) in [5.74, 6) is 1.72. The van der Waals surface area contributed by atoms with Gasteiger partial charge in [-0.05, 0) is 56.0 Å². The number of aliphatic imine (C=N–C) groups is 1. The summed E-state index contributed by atoms with van der Waals surface area (Å²) < 4.78 is 8.00. The number of guanidine groups is 1. The molecule has 1 aliphatic carbocycles. The third-order valence-electron chi connectivity index (χ3n) is 5.48. The van der Waals surface area contributed by atoms with Gasteiger partial charge in [0.25, 0.3) is 0 Å². The van der Waals surface area contributed by atoms with E-state index in [0.29, 0.717) is 12.6 Å². The first-order valence-electron chi connectivity index (χ1n) is 10.5. The predicted octanol–water partition coefficient (Wildman–Crippen LogP) is 4.85. The number of hydrogen-bond donors (Lipinski definition) is 2. The molecule has 31 heavy (non-hydrogen) atoms. The van der Waals surface area contributed by atoms with E-state index in [9.17, 15) is 0 Å². The van der Waals surface area contributed by atoms with Crippen LogP contribution in [0.1, 0.15) is 43.4 Å². The molecule has 0 radical (unpaired) electrons. The van der Waals surface area contributed by atoms with Crippen molar-refractivity contribution < 1.29 is 4.74 Å². The highest BCUT2D eigenvalue weighted by molar-refractivity contribution is 14.0. The number of para-hydroxylation sites is 1. The molecule has 3 aromatic rings. The summed E-state index contributed by atoms with van der Waals surface area (Å²) in [6, 6.07) is 18.6. The third kappa shape index (κ3) is 6.00. The smallest absolute Gasteiger partial charge is 0.191 e. The van der Waals surface area contributed by atoms with Crippen LogP contribution in [0.2, 0.25) is 0 Å². The van der Waals surface area contributed by atoms with Crippen LogP contribution in [0, 0.1) is 0 Å².